The van der Waals surface area contributed by atoms with Crippen molar-refractivity contribution in [3.8, 4) is 0 Å². The van der Waals surface area contributed by atoms with Gasteiger partial charge in [-0.2, -0.15) is 13.2 Å². The Morgan fingerprint density at radius 1 is 1.26 bits per heavy atom. The summed E-state index contributed by atoms with van der Waals surface area (Å²) in [7, 11) is 0. The lowest BCUT2D eigenvalue weighted by Gasteiger charge is -2.36. The van der Waals surface area contributed by atoms with Crippen molar-refractivity contribution in [3.05, 3.63) is 17.8 Å². The van der Waals surface area contributed by atoms with E-state index in [1.54, 1.807) is 0 Å². The fourth-order valence-corrected chi connectivity index (χ4v) is 2.38. The lowest BCUT2D eigenvalue weighted by Crippen LogP contribution is -2.40. The Kier molecular flexibility index (Phi) is 4.24. The molecule has 1 aliphatic rings. The third-order valence-electron chi connectivity index (χ3n) is 3.32. The minimum Gasteiger partial charge on any atom is -0.396 e. The number of rotatable bonds is 3. The highest BCUT2D eigenvalue weighted by Crippen LogP contribution is 2.29. The number of aliphatic hydroxyl groups excluding tert-OH is 1. The molecule has 1 fully saturated rings. The number of hydrogen-bond donors (Lipinski definition) is 1. The largest absolute Gasteiger partial charge is 0.435 e. The van der Waals surface area contributed by atoms with E-state index in [4.69, 9.17) is 5.11 Å². The SMILES string of the molecule is OCCC1CCCCN1c1ccc(C(F)(F)F)nn1. The zero-order valence-electron chi connectivity index (χ0n) is 10.4. The van der Waals surface area contributed by atoms with Gasteiger partial charge < -0.3 is 10.0 Å². The molecule has 4 nitrogen and oxygen atoms in total. The average molecular weight is 275 g/mol. The van der Waals surface area contributed by atoms with Gasteiger partial charge in [-0.05, 0) is 37.8 Å². The summed E-state index contributed by atoms with van der Waals surface area (Å²) in [5, 5.41) is 15.9. The molecule has 2 heterocycles. The minimum absolute atomic E-state index is 0.0647. The van der Waals surface area contributed by atoms with Gasteiger partial charge in [0.15, 0.2) is 11.5 Å². The second-order valence-corrected chi connectivity index (χ2v) is 4.63. The Labute approximate surface area is 109 Å². The summed E-state index contributed by atoms with van der Waals surface area (Å²) in [6.07, 6.45) is -0.899. The molecular formula is C12H16F3N3O. The normalized spacial score (nSPS) is 20.6. The summed E-state index contributed by atoms with van der Waals surface area (Å²) in [6.45, 7) is 0.805. The molecular weight excluding hydrogens is 259 g/mol. The molecule has 0 aromatic carbocycles. The molecule has 1 N–H and O–H groups in total. The van der Waals surface area contributed by atoms with Crippen LogP contribution in [0.1, 0.15) is 31.4 Å². The van der Waals surface area contributed by atoms with Crippen molar-refractivity contribution in [3.63, 3.8) is 0 Å². The van der Waals surface area contributed by atoms with Gasteiger partial charge in [0.25, 0.3) is 0 Å². The molecule has 0 spiro atoms. The standard InChI is InChI=1S/C12H16F3N3O/c13-12(14,15)10-4-5-11(17-16-10)18-7-2-1-3-9(18)6-8-19/h4-5,9,19H,1-3,6-8H2. The number of aliphatic hydroxyl groups is 1. The molecule has 1 atom stereocenters. The quantitative estimate of drug-likeness (QED) is 0.919. The Morgan fingerprint density at radius 2 is 2.05 bits per heavy atom. The summed E-state index contributed by atoms with van der Waals surface area (Å²) in [4.78, 5) is 1.94. The molecule has 0 saturated carbocycles. The second-order valence-electron chi connectivity index (χ2n) is 4.63. The van der Waals surface area contributed by atoms with Gasteiger partial charge in [0, 0.05) is 19.2 Å². The van der Waals surface area contributed by atoms with Crippen LogP contribution in [-0.4, -0.2) is 34.5 Å². The molecule has 1 aromatic heterocycles. The van der Waals surface area contributed by atoms with Gasteiger partial charge in [0.2, 0.25) is 0 Å². The van der Waals surface area contributed by atoms with Gasteiger partial charge in [-0.25, -0.2) is 0 Å². The van der Waals surface area contributed by atoms with Gasteiger partial charge in [-0.3, -0.25) is 0 Å². The van der Waals surface area contributed by atoms with Crippen LogP contribution in [0.3, 0.4) is 0 Å². The lowest BCUT2D eigenvalue weighted by atomic mass is 10.00. The van der Waals surface area contributed by atoms with Crippen molar-refractivity contribution >= 4 is 5.82 Å². The summed E-state index contributed by atoms with van der Waals surface area (Å²) in [5.74, 6) is 0.450. The van der Waals surface area contributed by atoms with Crippen molar-refractivity contribution in [1.82, 2.24) is 10.2 Å². The van der Waals surface area contributed by atoms with Crippen molar-refractivity contribution in [1.29, 1.82) is 0 Å². The number of halogens is 3. The molecule has 1 aromatic rings. The van der Waals surface area contributed by atoms with Crippen LogP contribution in [0, 0.1) is 0 Å². The monoisotopic (exact) mass is 275 g/mol. The molecule has 2 rings (SSSR count). The highest BCUT2D eigenvalue weighted by Gasteiger charge is 2.33. The topological polar surface area (TPSA) is 49.2 Å². The number of nitrogens with zero attached hydrogens (tertiary/aromatic N) is 3. The second kappa shape index (κ2) is 5.73. The molecule has 0 amide bonds. The minimum atomic E-state index is -4.46. The first-order valence-electron chi connectivity index (χ1n) is 6.31. The number of piperidine rings is 1. The van der Waals surface area contributed by atoms with Gasteiger partial charge in [0.05, 0.1) is 0 Å². The fraction of sp³-hybridized carbons (Fsp3) is 0.667. The molecule has 0 radical (unpaired) electrons. The van der Waals surface area contributed by atoms with Crippen molar-refractivity contribution in [2.24, 2.45) is 0 Å². The van der Waals surface area contributed by atoms with E-state index in [1.165, 1.54) is 6.07 Å². The first-order valence-corrected chi connectivity index (χ1v) is 6.31. The van der Waals surface area contributed by atoms with E-state index in [0.717, 1.165) is 31.9 Å². The maximum Gasteiger partial charge on any atom is 0.435 e. The van der Waals surface area contributed by atoms with Crippen molar-refractivity contribution < 1.29 is 18.3 Å². The smallest absolute Gasteiger partial charge is 0.396 e. The predicted octanol–water partition coefficient (Wildman–Crippen LogP) is 2.24. The lowest BCUT2D eigenvalue weighted by molar-refractivity contribution is -0.141. The molecule has 1 aliphatic heterocycles. The van der Waals surface area contributed by atoms with Crippen LogP contribution in [0.2, 0.25) is 0 Å². The molecule has 1 unspecified atom stereocenters. The predicted molar refractivity (Wildman–Crippen MR) is 63.7 cm³/mol. The van der Waals surface area contributed by atoms with Crippen LogP contribution >= 0.6 is 0 Å². The Hall–Kier alpha value is -1.37. The first kappa shape index (κ1) is 14.0. The van der Waals surface area contributed by atoms with Crippen molar-refractivity contribution in [2.75, 3.05) is 18.1 Å². The average Bonchev–Trinajstić information content (AvgIpc) is 2.39. The van der Waals surface area contributed by atoms with Crippen LogP contribution in [-0.2, 0) is 6.18 Å². The Balaban J connectivity index is 2.15. The van der Waals surface area contributed by atoms with Gasteiger partial charge >= 0.3 is 6.18 Å². The first-order chi connectivity index (χ1) is 9.02. The molecule has 19 heavy (non-hydrogen) atoms. The van der Waals surface area contributed by atoms with E-state index < -0.39 is 11.9 Å². The van der Waals surface area contributed by atoms with Gasteiger partial charge in [-0.15, -0.1) is 10.2 Å². The van der Waals surface area contributed by atoms with Crippen LogP contribution in [0.25, 0.3) is 0 Å². The maximum absolute atomic E-state index is 12.4. The molecule has 0 bridgehead atoms. The van der Waals surface area contributed by atoms with Gasteiger partial charge in [-0.1, -0.05) is 0 Å². The van der Waals surface area contributed by atoms with E-state index in [1.807, 2.05) is 4.90 Å². The highest BCUT2D eigenvalue weighted by molar-refractivity contribution is 5.39. The zero-order valence-corrected chi connectivity index (χ0v) is 10.4. The molecule has 1 saturated heterocycles. The third-order valence-corrected chi connectivity index (χ3v) is 3.32. The maximum atomic E-state index is 12.4. The van der Waals surface area contributed by atoms with Crippen molar-refractivity contribution in [2.45, 2.75) is 37.9 Å². The van der Waals surface area contributed by atoms with E-state index in [-0.39, 0.29) is 12.6 Å². The summed E-state index contributed by atoms with van der Waals surface area (Å²) in [6, 6.07) is 2.43. The molecule has 7 heteroatoms. The van der Waals surface area contributed by atoms with E-state index in [2.05, 4.69) is 10.2 Å². The molecule has 106 valence electrons. The summed E-state index contributed by atoms with van der Waals surface area (Å²) in [5.41, 5.74) is -0.980. The van der Waals surface area contributed by atoms with E-state index in [0.29, 0.717) is 12.2 Å². The van der Waals surface area contributed by atoms with E-state index in [9.17, 15) is 13.2 Å². The Morgan fingerprint density at radius 3 is 2.63 bits per heavy atom. The number of alkyl halides is 3. The van der Waals surface area contributed by atoms with Crippen LogP contribution < -0.4 is 4.90 Å². The van der Waals surface area contributed by atoms with Gasteiger partial charge in [0.1, 0.15) is 0 Å². The molecule has 0 aliphatic carbocycles. The highest BCUT2D eigenvalue weighted by atomic mass is 19.4. The number of hydrogen-bond acceptors (Lipinski definition) is 4. The zero-order chi connectivity index (χ0) is 13.9. The van der Waals surface area contributed by atoms with E-state index >= 15 is 0 Å². The van der Waals surface area contributed by atoms with Crippen LogP contribution in [0.5, 0.6) is 0 Å². The number of anilines is 1. The fourth-order valence-electron chi connectivity index (χ4n) is 2.38. The summed E-state index contributed by atoms with van der Waals surface area (Å²) < 4.78 is 37.2. The summed E-state index contributed by atoms with van der Waals surface area (Å²) >= 11 is 0. The number of aromatic nitrogens is 2. The Bertz CT molecular complexity index is 406. The van der Waals surface area contributed by atoms with Crippen LogP contribution in [0.4, 0.5) is 19.0 Å². The van der Waals surface area contributed by atoms with Crippen LogP contribution in [0.15, 0.2) is 12.1 Å². The third kappa shape index (κ3) is 3.34.